The van der Waals surface area contributed by atoms with Gasteiger partial charge in [-0.05, 0) is 0 Å². The number of aromatic nitrogens is 4. The number of amides is 1. The molecule has 0 radical (unpaired) electrons. The van der Waals surface area contributed by atoms with Crippen LogP contribution in [0.3, 0.4) is 0 Å². The van der Waals surface area contributed by atoms with Gasteiger partial charge in [0.05, 0.1) is 6.33 Å². The van der Waals surface area contributed by atoms with Gasteiger partial charge < -0.3 is 9.47 Å². The zero-order valence-corrected chi connectivity index (χ0v) is 14.0. The van der Waals surface area contributed by atoms with Crippen LogP contribution in [0.4, 0.5) is 0 Å². The topological polar surface area (TPSA) is 82.1 Å². The number of thioether (sulfide) groups is 1. The third-order valence-electron chi connectivity index (χ3n) is 4.15. The SMILES string of the molecule is Cn1c(=O)c2c(ncn2CCC(=O)N2CCSCC2)n(C)c1=O. The molecule has 0 bridgehead atoms. The highest BCUT2D eigenvalue weighted by atomic mass is 32.2. The van der Waals surface area contributed by atoms with Crippen molar-refractivity contribution in [1.29, 1.82) is 0 Å². The van der Waals surface area contributed by atoms with E-state index in [-0.39, 0.29) is 11.5 Å². The van der Waals surface area contributed by atoms with Crippen molar-refractivity contribution in [3.63, 3.8) is 0 Å². The maximum Gasteiger partial charge on any atom is 0.332 e. The molecule has 2 aromatic heterocycles. The minimum atomic E-state index is -0.408. The van der Waals surface area contributed by atoms with Crippen LogP contribution >= 0.6 is 11.8 Å². The molecule has 2 aromatic rings. The van der Waals surface area contributed by atoms with E-state index in [0.29, 0.717) is 24.1 Å². The van der Waals surface area contributed by atoms with Crippen LogP contribution < -0.4 is 11.2 Å². The molecule has 0 aromatic carbocycles. The predicted octanol–water partition coefficient (Wildman–Crippen LogP) is -0.601. The normalized spacial score (nSPS) is 15.3. The molecule has 0 aliphatic carbocycles. The van der Waals surface area contributed by atoms with Gasteiger partial charge in [0.25, 0.3) is 5.56 Å². The Labute approximate surface area is 136 Å². The van der Waals surface area contributed by atoms with Crippen molar-refractivity contribution in [3.05, 3.63) is 27.2 Å². The summed E-state index contributed by atoms with van der Waals surface area (Å²) in [5.41, 5.74) is -0.0893. The number of imidazole rings is 1. The van der Waals surface area contributed by atoms with Gasteiger partial charge in [-0.2, -0.15) is 11.8 Å². The molecule has 3 rings (SSSR count). The number of carbonyl (C=O) groups is 1. The highest BCUT2D eigenvalue weighted by Crippen LogP contribution is 2.11. The van der Waals surface area contributed by atoms with Crippen molar-refractivity contribution in [3.8, 4) is 0 Å². The van der Waals surface area contributed by atoms with Crippen LogP contribution in [0.5, 0.6) is 0 Å². The molecule has 3 heterocycles. The maximum atomic E-state index is 12.3. The van der Waals surface area contributed by atoms with Gasteiger partial charge in [-0.15, -0.1) is 0 Å². The Morgan fingerprint density at radius 3 is 2.61 bits per heavy atom. The molecule has 0 saturated carbocycles. The van der Waals surface area contributed by atoms with E-state index in [4.69, 9.17) is 0 Å². The predicted molar refractivity (Wildman–Crippen MR) is 88.7 cm³/mol. The summed E-state index contributed by atoms with van der Waals surface area (Å²) in [5, 5.41) is 0. The highest BCUT2D eigenvalue weighted by molar-refractivity contribution is 7.99. The number of hydrogen-bond donors (Lipinski definition) is 0. The summed E-state index contributed by atoms with van der Waals surface area (Å²) >= 11 is 1.85. The standard InChI is InChI=1S/C14H19N5O3S/c1-16-12-11(13(21)17(2)14(16)22)19(9-15-12)4-3-10(20)18-5-7-23-8-6-18/h9H,3-8H2,1-2H3. The fourth-order valence-electron chi connectivity index (χ4n) is 2.75. The van der Waals surface area contributed by atoms with Gasteiger partial charge in [0, 0.05) is 51.7 Å². The molecule has 1 fully saturated rings. The summed E-state index contributed by atoms with van der Waals surface area (Å²) in [4.78, 5) is 42.5. The first-order chi connectivity index (χ1) is 11.0. The first-order valence-corrected chi connectivity index (χ1v) is 8.62. The molecule has 9 heteroatoms. The molecular weight excluding hydrogens is 318 g/mol. The van der Waals surface area contributed by atoms with Gasteiger partial charge in [0.15, 0.2) is 11.2 Å². The summed E-state index contributed by atoms with van der Waals surface area (Å²) in [6, 6.07) is 0. The van der Waals surface area contributed by atoms with E-state index < -0.39 is 5.69 Å². The summed E-state index contributed by atoms with van der Waals surface area (Å²) < 4.78 is 4.06. The van der Waals surface area contributed by atoms with Gasteiger partial charge in [-0.25, -0.2) is 9.78 Å². The molecule has 0 N–H and O–H groups in total. The minimum absolute atomic E-state index is 0.0915. The summed E-state index contributed by atoms with van der Waals surface area (Å²) in [5.74, 6) is 2.04. The largest absolute Gasteiger partial charge is 0.341 e. The first kappa shape index (κ1) is 15.9. The van der Waals surface area contributed by atoms with E-state index >= 15 is 0 Å². The Morgan fingerprint density at radius 1 is 1.22 bits per heavy atom. The highest BCUT2D eigenvalue weighted by Gasteiger charge is 2.18. The average Bonchev–Trinajstić information content (AvgIpc) is 3.00. The van der Waals surface area contributed by atoms with Gasteiger partial charge in [0.2, 0.25) is 5.91 Å². The lowest BCUT2D eigenvalue weighted by Gasteiger charge is -2.26. The van der Waals surface area contributed by atoms with Crippen LogP contribution in [0.2, 0.25) is 0 Å². The van der Waals surface area contributed by atoms with Crippen LogP contribution in [0.15, 0.2) is 15.9 Å². The lowest BCUT2D eigenvalue weighted by atomic mass is 10.3. The zero-order valence-electron chi connectivity index (χ0n) is 13.2. The van der Waals surface area contributed by atoms with Crippen molar-refractivity contribution < 1.29 is 4.79 Å². The maximum absolute atomic E-state index is 12.3. The van der Waals surface area contributed by atoms with Crippen molar-refractivity contribution >= 4 is 28.8 Å². The third-order valence-corrected chi connectivity index (χ3v) is 5.09. The molecule has 124 valence electrons. The van der Waals surface area contributed by atoms with Gasteiger partial charge in [-0.1, -0.05) is 0 Å². The summed E-state index contributed by atoms with van der Waals surface area (Å²) in [6.07, 6.45) is 1.84. The number of carbonyl (C=O) groups excluding carboxylic acids is 1. The van der Waals surface area contributed by atoms with Crippen molar-refractivity contribution in [2.45, 2.75) is 13.0 Å². The Hall–Kier alpha value is -2.03. The molecule has 0 unspecified atom stereocenters. The van der Waals surface area contributed by atoms with E-state index in [1.165, 1.54) is 17.9 Å². The number of aryl methyl sites for hydroxylation is 2. The molecule has 8 nitrogen and oxygen atoms in total. The van der Waals surface area contributed by atoms with E-state index in [9.17, 15) is 14.4 Å². The second-order valence-electron chi connectivity index (χ2n) is 5.56. The van der Waals surface area contributed by atoms with E-state index in [2.05, 4.69) is 4.98 Å². The Morgan fingerprint density at radius 2 is 1.91 bits per heavy atom. The van der Waals surface area contributed by atoms with Crippen molar-refractivity contribution in [2.75, 3.05) is 24.6 Å². The lowest BCUT2D eigenvalue weighted by Crippen LogP contribution is -2.39. The summed E-state index contributed by atoms with van der Waals surface area (Å²) in [7, 11) is 3.02. The van der Waals surface area contributed by atoms with Crippen molar-refractivity contribution in [2.24, 2.45) is 14.1 Å². The molecule has 23 heavy (non-hydrogen) atoms. The Kier molecular flexibility index (Phi) is 4.29. The quantitative estimate of drug-likeness (QED) is 0.747. The van der Waals surface area contributed by atoms with Crippen LogP contribution in [-0.4, -0.2) is 54.1 Å². The van der Waals surface area contributed by atoms with Crippen molar-refractivity contribution in [1.82, 2.24) is 23.6 Å². The van der Waals surface area contributed by atoms with Gasteiger partial charge in [0.1, 0.15) is 0 Å². The lowest BCUT2D eigenvalue weighted by molar-refractivity contribution is -0.131. The van der Waals surface area contributed by atoms with Crippen LogP contribution in [0.1, 0.15) is 6.42 Å². The third kappa shape index (κ3) is 2.80. The first-order valence-electron chi connectivity index (χ1n) is 7.47. The van der Waals surface area contributed by atoms with E-state index in [0.717, 1.165) is 29.2 Å². The fraction of sp³-hybridized carbons (Fsp3) is 0.571. The average molecular weight is 337 g/mol. The zero-order chi connectivity index (χ0) is 16.6. The number of fused-ring (bicyclic) bond motifs is 1. The van der Waals surface area contributed by atoms with Crippen LogP contribution in [0.25, 0.3) is 11.2 Å². The second-order valence-corrected chi connectivity index (χ2v) is 6.78. The monoisotopic (exact) mass is 337 g/mol. The molecule has 1 amide bonds. The molecule has 0 atom stereocenters. The summed E-state index contributed by atoms with van der Waals surface area (Å²) in [6.45, 7) is 1.95. The van der Waals surface area contributed by atoms with Gasteiger partial charge in [-0.3, -0.25) is 18.7 Å². The number of rotatable bonds is 3. The molecule has 1 saturated heterocycles. The number of nitrogens with zero attached hydrogens (tertiary/aromatic N) is 5. The molecule has 0 spiro atoms. The van der Waals surface area contributed by atoms with Gasteiger partial charge >= 0.3 is 5.69 Å². The van der Waals surface area contributed by atoms with E-state index in [1.54, 1.807) is 11.6 Å². The smallest absolute Gasteiger partial charge is 0.332 e. The minimum Gasteiger partial charge on any atom is -0.341 e. The molecule has 1 aliphatic heterocycles. The molecule has 1 aliphatic rings. The second kappa shape index (κ2) is 6.23. The van der Waals surface area contributed by atoms with Crippen LogP contribution in [-0.2, 0) is 25.4 Å². The Bertz CT molecular complexity index is 860. The van der Waals surface area contributed by atoms with Crippen LogP contribution in [0, 0.1) is 0 Å². The van der Waals surface area contributed by atoms with E-state index in [1.807, 2.05) is 16.7 Å². The number of hydrogen-bond acceptors (Lipinski definition) is 5. The fourth-order valence-corrected chi connectivity index (χ4v) is 3.66. The molecular formula is C14H19N5O3S. The Balaban J connectivity index is 1.85.